The summed E-state index contributed by atoms with van der Waals surface area (Å²) in [6, 6.07) is 10.8. The summed E-state index contributed by atoms with van der Waals surface area (Å²) in [7, 11) is 0. The predicted molar refractivity (Wildman–Crippen MR) is 73.1 cm³/mol. The maximum atomic E-state index is 12.0. The number of carbonyl (C=O) groups is 1. The average Bonchev–Trinajstić information content (AvgIpc) is 2.32. The molecular weight excluding hydrogens is 248 g/mol. The van der Waals surface area contributed by atoms with Crippen LogP contribution in [0.15, 0.2) is 36.4 Å². The van der Waals surface area contributed by atoms with Gasteiger partial charge in [-0.3, -0.25) is 4.79 Å². The number of halogens is 1. The van der Waals surface area contributed by atoms with E-state index in [9.17, 15) is 4.79 Å². The number of carbonyl (C=O) groups excluding carboxylic acids is 1. The van der Waals surface area contributed by atoms with Crippen LogP contribution in [0, 0.1) is 13.8 Å². The number of nitrogens with one attached hydrogen (secondary N) is 1. The van der Waals surface area contributed by atoms with E-state index in [1.165, 1.54) is 0 Å². The first-order valence-electron chi connectivity index (χ1n) is 5.57. The number of rotatable bonds is 2. The lowest BCUT2D eigenvalue weighted by molar-refractivity contribution is 0.102. The van der Waals surface area contributed by atoms with Gasteiger partial charge in [-0.15, -0.1) is 0 Å². The van der Waals surface area contributed by atoms with Crippen molar-refractivity contribution in [2.45, 2.75) is 13.8 Å². The molecule has 1 heterocycles. The third-order valence-corrected chi connectivity index (χ3v) is 2.81. The van der Waals surface area contributed by atoms with Gasteiger partial charge in [0.2, 0.25) is 0 Å². The number of nitrogens with zero attached hydrogens (tertiary/aromatic N) is 1. The van der Waals surface area contributed by atoms with Crippen LogP contribution in [-0.4, -0.2) is 10.9 Å². The molecule has 0 bridgehead atoms. The molecule has 0 spiro atoms. The largest absolute Gasteiger partial charge is 0.319 e. The third kappa shape index (κ3) is 2.87. The number of aromatic nitrogens is 1. The molecule has 4 heteroatoms. The molecule has 3 nitrogen and oxygen atoms in total. The normalized spacial score (nSPS) is 10.2. The van der Waals surface area contributed by atoms with Crippen molar-refractivity contribution in [3.05, 3.63) is 58.4 Å². The number of amides is 1. The van der Waals surface area contributed by atoms with Crippen molar-refractivity contribution >= 4 is 23.2 Å². The van der Waals surface area contributed by atoms with E-state index in [2.05, 4.69) is 10.3 Å². The fourth-order valence-corrected chi connectivity index (χ4v) is 1.86. The average molecular weight is 261 g/mol. The van der Waals surface area contributed by atoms with E-state index in [1.54, 1.807) is 24.3 Å². The number of aryl methyl sites for hydroxylation is 2. The number of pyridine rings is 1. The lowest BCUT2D eigenvalue weighted by Gasteiger charge is -2.07. The second-order valence-corrected chi connectivity index (χ2v) is 4.51. The number of anilines is 1. The van der Waals surface area contributed by atoms with Gasteiger partial charge in [0, 0.05) is 5.69 Å². The Balaban J connectivity index is 2.21. The highest BCUT2D eigenvalue weighted by Gasteiger charge is 2.09. The van der Waals surface area contributed by atoms with Crippen LogP contribution in [0.5, 0.6) is 0 Å². The highest BCUT2D eigenvalue weighted by Crippen LogP contribution is 2.23. The van der Waals surface area contributed by atoms with Gasteiger partial charge in [0.25, 0.3) is 5.91 Å². The molecule has 0 aliphatic rings. The highest BCUT2D eigenvalue weighted by molar-refractivity contribution is 6.34. The number of hydrogen-bond donors (Lipinski definition) is 1. The molecule has 0 fully saturated rings. The Morgan fingerprint density at radius 1 is 1.22 bits per heavy atom. The highest BCUT2D eigenvalue weighted by atomic mass is 35.5. The van der Waals surface area contributed by atoms with Crippen molar-refractivity contribution in [1.29, 1.82) is 0 Å². The Morgan fingerprint density at radius 2 is 2.00 bits per heavy atom. The Bertz CT molecular complexity index is 596. The van der Waals surface area contributed by atoms with Gasteiger partial charge in [0.1, 0.15) is 5.69 Å². The molecule has 1 N–H and O–H groups in total. The molecule has 1 aromatic carbocycles. The molecule has 92 valence electrons. The van der Waals surface area contributed by atoms with Gasteiger partial charge in [0.15, 0.2) is 0 Å². The van der Waals surface area contributed by atoms with Gasteiger partial charge in [-0.25, -0.2) is 4.98 Å². The minimum Gasteiger partial charge on any atom is -0.319 e. The summed E-state index contributed by atoms with van der Waals surface area (Å²) >= 11 is 6.06. The summed E-state index contributed by atoms with van der Waals surface area (Å²) in [5, 5.41) is 3.27. The lowest BCUT2D eigenvalue weighted by Crippen LogP contribution is -2.14. The Labute approximate surface area is 111 Å². The van der Waals surface area contributed by atoms with Crippen LogP contribution in [0.1, 0.15) is 21.7 Å². The van der Waals surface area contributed by atoms with Crippen LogP contribution in [0.25, 0.3) is 0 Å². The zero-order chi connectivity index (χ0) is 13.1. The molecule has 0 saturated carbocycles. The smallest absolute Gasteiger partial charge is 0.274 e. The Hall–Kier alpha value is -1.87. The summed E-state index contributed by atoms with van der Waals surface area (Å²) in [5.41, 5.74) is 2.83. The quantitative estimate of drug-likeness (QED) is 0.896. The van der Waals surface area contributed by atoms with E-state index < -0.39 is 0 Å². The van der Waals surface area contributed by atoms with Crippen molar-refractivity contribution in [1.82, 2.24) is 4.98 Å². The first kappa shape index (κ1) is 12.6. The van der Waals surface area contributed by atoms with Crippen LogP contribution in [0.4, 0.5) is 5.69 Å². The SMILES string of the molecule is Cc1ccc(NC(=O)c2cccc(C)n2)c(Cl)c1. The van der Waals surface area contributed by atoms with E-state index in [0.717, 1.165) is 11.3 Å². The molecule has 18 heavy (non-hydrogen) atoms. The molecule has 1 amide bonds. The third-order valence-electron chi connectivity index (χ3n) is 2.49. The van der Waals surface area contributed by atoms with Crippen LogP contribution in [0.2, 0.25) is 5.02 Å². The van der Waals surface area contributed by atoms with Crippen molar-refractivity contribution in [2.75, 3.05) is 5.32 Å². The zero-order valence-corrected chi connectivity index (χ0v) is 11.0. The maximum absolute atomic E-state index is 12.0. The molecule has 2 rings (SSSR count). The summed E-state index contributed by atoms with van der Waals surface area (Å²) in [5.74, 6) is -0.260. The van der Waals surface area contributed by atoms with Gasteiger partial charge in [-0.2, -0.15) is 0 Å². The molecule has 0 aliphatic carbocycles. The molecule has 0 saturated heterocycles. The van der Waals surface area contributed by atoms with Crippen LogP contribution < -0.4 is 5.32 Å². The molecule has 0 atom stereocenters. The summed E-state index contributed by atoms with van der Waals surface area (Å²) in [4.78, 5) is 16.1. The second kappa shape index (κ2) is 5.19. The maximum Gasteiger partial charge on any atom is 0.274 e. The van der Waals surface area contributed by atoms with E-state index in [1.807, 2.05) is 26.0 Å². The molecule has 0 aliphatic heterocycles. The summed E-state index contributed by atoms with van der Waals surface area (Å²) in [6.45, 7) is 3.79. The van der Waals surface area contributed by atoms with Crippen molar-refractivity contribution in [3.8, 4) is 0 Å². The minimum absolute atomic E-state index is 0.260. The van der Waals surface area contributed by atoms with E-state index in [0.29, 0.717) is 16.4 Å². The molecule has 2 aromatic rings. The van der Waals surface area contributed by atoms with E-state index >= 15 is 0 Å². The van der Waals surface area contributed by atoms with Gasteiger partial charge in [0.05, 0.1) is 10.7 Å². The summed E-state index contributed by atoms with van der Waals surface area (Å²) in [6.07, 6.45) is 0. The molecule has 1 aromatic heterocycles. The Kier molecular flexibility index (Phi) is 3.63. The first-order valence-corrected chi connectivity index (χ1v) is 5.95. The minimum atomic E-state index is -0.260. The van der Waals surface area contributed by atoms with Gasteiger partial charge in [-0.05, 0) is 43.7 Å². The molecular formula is C14H13ClN2O. The second-order valence-electron chi connectivity index (χ2n) is 4.10. The van der Waals surface area contributed by atoms with E-state index in [4.69, 9.17) is 11.6 Å². The van der Waals surface area contributed by atoms with Crippen LogP contribution in [-0.2, 0) is 0 Å². The topological polar surface area (TPSA) is 42.0 Å². The van der Waals surface area contributed by atoms with Crippen LogP contribution in [0.3, 0.4) is 0 Å². The fraction of sp³-hybridized carbons (Fsp3) is 0.143. The van der Waals surface area contributed by atoms with Crippen molar-refractivity contribution in [3.63, 3.8) is 0 Å². The first-order chi connectivity index (χ1) is 8.56. The zero-order valence-electron chi connectivity index (χ0n) is 10.2. The summed E-state index contributed by atoms with van der Waals surface area (Å²) < 4.78 is 0. The monoisotopic (exact) mass is 260 g/mol. The lowest BCUT2D eigenvalue weighted by atomic mass is 10.2. The van der Waals surface area contributed by atoms with Gasteiger partial charge in [-0.1, -0.05) is 23.7 Å². The molecule has 0 radical (unpaired) electrons. The number of hydrogen-bond acceptors (Lipinski definition) is 2. The fourth-order valence-electron chi connectivity index (χ4n) is 1.58. The van der Waals surface area contributed by atoms with Crippen molar-refractivity contribution in [2.24, 2.45) is 0 Å². The van der Waals surface area contributed by atoms with Gasteiger partial charge >= 0.3 is 0 Å². The van der Waals surface area contributed by atoms with Crippen molar-refractivity contribution < 1.29 is 4.79 Å². The van der Waals surface area contributed by atoms with Crippen LogP contribution >= 0.6 is 11.6 Å². The van der Waals surface area contributed by atoms with Gasteiger partial charge < -0.3 is 5.32 Å². The predicted octanol–water partition coefficient (Wildman–Crippen LogP) is 3.60. The standard InChI is InChI=1S/C14H13ClN2O/c1-9-6-7-12(11(15)8-9)17-14(18)13-5-3-4-10(2)16-13/h3-8H,1-2H3,(H,17,18). The molecule has 0 unspecified atom stereocenters. The van der Waals surface area contributed by atoms with E-state index in [-0.39, 0.29) is 5.91 Å². The number of benzene rings is 1. The Morgan fingerprint density at radius 3 is 2.67 bits per heavy atom.